The van der Waals surface area contributed by atoms with Crippen LogP contribution in [0.25, 0.3) is 11.1 Å². The topological polar surface area (TPSA) is 149 Å². The van der Waals surface area contributed by atoms with Crippen LogP contribution in [0.5, 0.6) is 0 Å². The molecule has 0 unspecified atom stereocenters. The maximum absolute atomic E-state index is 11.8. The molecule has 0 amide bonds. The molecule has 138 valence electrons. The van der Waals surface area contributed by atoms with Crippen molar-refractivity contribution in [3.63, 3.8) is 0 Å². The molecule has 2 aromatic carbocycles. The summed E-state index contributed by atoms with van der Waals surface area (Å²) in [6.45, 7) is 0. The van der Waals surface area contributed by atoms with Crippen LogP contribution in [0.1, 0.15) is 0 Å². The lowest BCUT2D eigenvalue weighted by molar-refractivity contribution is -0.302. The monoisotopic (exact) mass is 396 g/mol. The van der Waals surface area contributed by atoms with E-state index in [9.17, 15) is 36.6 Å². The molecular formula is C16H12O8S2-2. The molecule has 0 aliphatic heterocycles. The van der Waals surface area contributed by atoms with Crippen LogP contribution in [0.3, 0.4) is 0 Å². The molecule has 0 saturated carbocycles. The van der Waals surface area contributed by atoms with E-state index in [1.165, 1.54) is 48.5 Å². The summed E-state index contributed by atoms with van der Waals surface area (Å²) < 4.78 is 47.2. The molecule has 0 aliphatic rings. The van der Waals surface area contributed by atoms with Gasteiger partial charge in [-0.15, -0.1) is 0 Å². The van der Waals surface area contributed by atoms with Crippen molar-refractivity contribution in [3.8, 4) is 11.1 Å². The van der Waals surface area contributed by atoms with Crippen molar-refractivity contribution in [1.82, 2.24) is 0 Å². The highest BCUT2D eigenvalue weighted by Crippen LogP contribution is 2.23. The van der Waals surface area contributed by atoms with Gasteiger partial charge in [-0.2, -0.15) is 0 Å². The van der Waals surface area contributed by atoms with Crippen molar-refractivity contribution in [2.24, 2.45) is 0 Å². The Kier molecular flexibility index (Phi) is 5.47. The van der Waals surface area contributed by atoms with Crippen molar-refractivity contribution in [3.05, 3.63) is 48.5 Å². The first-order valence-corrected chi connectivity index (χ1v) is 10.4. The van der Waals surface area contributed by atoms with Crippen LogP contribution >= 0.6 is 0 Å². The zero-order valence-electron chi connectivity index (χ0n) is 13.1. The number of carbonyl (C=O) groups excluding carboxylic acids is 2. The standard InChI is InChI=1S/C16H14O8S2/c17-15(18)9-25(21,22)13-5-1-11(2-6-13)12-3-7-14(8-4-12)26(23,24)10-16(19)20/h1-8H,9-10H2,(H,17,18)(H,19,20)/p-2. The Balaban J connectivity index is 2.28. The van der Waals surface area contributed by atoms with Crippen LogP contribution in [0.4, 0.5) is 0 Å². The lowest BCUT2D eigenvalue weighted by Crippen LogP contribution is -2.30. The molecule has 0 saturated heterocycles. The number of benzene rings is 2. The zero-order valence-corrected chi connectivity index (χ0v) is 14.7. The zero-order chi connectivity index (χ0) is 19.5. The number of hydrogen-bond acceptors (Lipinski definition) is 8. The summed E-state index contributed by atoms with van der Waals surface area (Å²) >= 11 is 0. The normalized spacial score (nSPS) is 11.8. The Hall–Kier alpha value is -2.72. The molecule has 0 aromatic heterocycles. The van der Waals surface area contributed by atoms with E-state index in [1.54, 1.807) is 0 Å². The summed E-state index contributed by atoms with van der Waals surface area (Å²) in [7, 11) is -8.00. The van der Waals surface area contributed by atoms with Gasteiger partial charge >= 0.3 is 0 Å². The van der Waals surface area contributed by atoms with Gasteiger partial charge in [-0.3, -0.25) is 0 Å². The third kappa shape index (κ3) is 4.67. The molecule has 0 atom stereocenters. The van der Waals surface area contributed by atoms with Crippen LogP contribution in [-0.2, 0) is 29.3 Å². The molecule has 2 aromatic rings. The van der Waals surface area contributed by atoms with E-state index >= 15 is 0 Å². The van der Waals surface area contributed by atoms with Crippen molar-refractivity contribution in [2.75, 3.05) is 11.5 Å². The number of hydrogen-bond donors (Lipinski definition) is 0. The molecule has 0 heterocycles. The predicted octanol–water partition coefficient (Wildman–Crippen LogP) is -1.60. The van der Waals surface area contributed by atoms with Gasteiger partial charge < -0.3 is 19.8 Å². The minimum absolute atomic E-state index is 0.182. The molecule has 0 bridgehead atoms. The summed E-state index contributed by atoms with van der Waals surface area (Å²) in [6.07, 6.45) is 0. The van der Waals surface area contributed by atoms with Gasteiger partial charge in [-0.25, -0.2) is 16.8 Å². The third-order valence-corrected chi connectivity index (χ3v) is 6.59. The van der Waals surface area contributed by atoms with Gasteiger partial charge in [0.15, 0.2) is 19.7 Å². The van der Waals surface area contributed by atoms with Crippen molar-refractivity contribution in [1.29, 1.82) is 0 Å². The number of carbonyl (C=O) groups is 2. The average molecular weight is 396 g/mol. The highest BCUT2D eigenvalue weighted by atomic mass is 32.2. The maximum atomic E-state index is 11.8. The first kappa shape index (κ1) is 19.6. The van der Waals surface area contributed by atoms with Gasteiger partial charge in [0.05, 0.1) is 33.2 Å². The van der Waals surface area contributed by atoms with Gasteiger partial charge in [-0.05, 0) is 35.4 Å². The Bertz CT molecular complexity index is 947. The summed E-state index contributed by atoms with van der Waals surface area (Å²) in [6, 6.07) is 10.7. The van der Waals surface area contributed by atoms with Crippen LogP contribution < -0.4 is 10.2 Å². The molecule has 0 N–H and O–H groups in total. The van der Waals surface area contributed by atoms with Gasteiger partial charge in [0, 0.05) is 0 Å². The molecule has 26 heavy (non-hydrogen) atoms. The fourth-order valence-electron chi connectivity index (χ4n) is 2.19. The quantitative estimate of drug-likeness (QED) is 0.543. The van der Waals surface area contributed by atoms with E-state index in [2.05, 4.69) is 0 Å². The molecule has 0 fully saturated rings. The van der Waals surface area contributed by atoms with Crippen LogP contribution in [0.2, 0.25) is 0 Å². The van der Waals surface area contributed by atoms with E-state index in [0.29, 0.717) is 11.1 Å². The number of aliphatic carboxylic acids is 2. The smallest absolute Gasteiger partial charge is 0.183 e. The van der Waals surface area contributed by atoms with Crippen molar-refractivity contribution >= 4 is 31.6 Å². The first-order valence-electron chi connectivity index (χ1n) is 7.07. The highest BCUT2D eigenvalue weighted by molar-refractivity contribution is 7.92. The van der Waals surface area contributed by atoms with Crippen molar-refractivity contribution < 1.29 is 36.6 Å². The van der Waals surface area contributed by atoms with E-state index in [4.69, 9.17) is 0 Å². The Labute approximate surface area is 149 Å². The molecule has 10 heteroatoms. The van der Waals surface area contributed by atoms with Gasteiger partial charge in [0.1, 0.15) is 0 Å². The number of carboxylic acids is 2. The summed E-state index contributed by atoms with van der Waals surface area (Å²) in [5, 5.41) is 21.0. The Morgan fingerprint density at radius 1 is 0.615 bits per heavy atom. The third-order valence-electron chi connectivity index (χ3n) is 3.38. The SMILES string of the molecule is O=C([O-])CS(=O)(=O)c1ccc(-c2ccc(S(=O)(=O)CC(=O)[O-])cc2)cc1. The van der Waals surface area contributed by atoms with Crippen LogP contribution in [0.15, 0.2) is 58.3 Å². The van der Waals surface area contributed by atoms with Crippen LogP contribution in [-0.4, -0.2) is 40.3 Å². The van der Waals surface area contributed by atoms with Gasteiger partial charge in [0.2, 0.25) is 0 Å². The molecule has 2 rings (SSSR count). The van der Waals surface area contributed by atoms with Gasteiger partial charge in [-0.1, -0.05) is 24.3 Å². The number of rotatable bonds is 7. The second-order valence-electron chi connectivity index (χ2n) is 5.31. The minimum atomic E-state index is -4.00. The summed E-state index contributed by atoms with van der Waals surface area (Å²) in [4.78, 5) is 20.6. The lowest BCUT2D eigenvalue weighted by atomic mass is 10.1. The van der Waals surface area contributed by atoms with Gasteiger partial charge in [0.25, 0.3) is 0 Å². The Morgan fingerprint density at radius 3 is 1.12 bits per heavy atom. The second-order valence-corrected chi connectivity index (χ2v) is 9.29. The molecular weight excluding hydrogens is 384 g/mol. The summed E-state index contributed by atoms with van der Waals surface area (Å²) in [5.41, 5.74) is 1.11. The Morgan fingerprint density at radius 2 is 0.885 bits per heavy atom. The van der Waals surface area contributed by atoms with E-state index < -0.39 is 43.1 Å². The average Bonchev–Trinajstić information content (AvgIpc) is 2.53. The molecule has 8 nitrogen and oxygen atoms in total. The highest BCUT2D eigenvalue weighted by Gasteiger charge is 2.16. The number of carboxylic acid groups (broad SMARTS) is 2. The van der Waals surface area contributed by atoms with Crippen LogP contribution in [0, 0.1) is 0 Å². The minimum Gasteiger partial charge on any atom is -0.549 e. The van der Waals surface area contributed by atoms with E-state index in [0.717, 1.165) is 0 Å². The van der Waals surface area contributed by atoms with E-state index in [-0.39, 0.29) is 9.79 Å². The fraction of sp³-hybridized carbons (Fsp3) is 0.125. The van der Waals surface area contributed by atoms with Crippen molar-refractivity contribution in [2.45, 2.75) is 9.79 Å². The number of sulfone groups is 2. The predicted molar refractivity (Wildman–Crippen MR) is 86.0 cm³/mol. The van der Waals surface area contributed by atoms with E-state index in [1.807, 2.05) is 0 Å². The molecule has 0 radical (unpaired) electrons. The second kappa shape index (κ2) is 7.26. The summed E-state index contributed by atoms with van der Waals surface area (Å²) in [5.74, 6) is -5.67. The fourth-order valence-corrected chi connectivity index (χ4v) is 4.24. The largest absolute Gasteiger partial charge is 0.549 e. The maximum Gasteiger partial charge on any atom is 0.183 e. The lowest BCUT2D eigenvalue weighted by Gasteiger charge is -2.08. The molecule has 0 aliphatic carbocycles. The first-order chi connectivity index (χ1) is 12.0. The molecule has 0 spiro atoms.